The molecule has 0 saturated carbocycles. The van der Waals surface area contributed by atoms with Crippen molar-refractivity contribution in [1.82, 2.24) is 5.32 Å². The third-order valence-corrected chi connectivity index (χ3v) is 3.52. The number of benzene rings is 1. The van der Waals surface area contributed by atoms with Gasteiger partial charge in [-0.25, -0.2) is 4.99 Å². The number of rotatable bonds is 5. The fourth-order valence-corrected chi connectivity index (χ4v) is 2.19. The number of aliphatic imine (C=N–C) groups is 1. The normalized spacial score (nSPS) is 12.3. The van der Waals surface area contributed by atoms with E-state index in [0.29, 0.717) is 0 Å². The lowest BCUT2D eigenvalue weighted by atomic mass is 10.00. The highest BCUT2D eigenvalue weighted by Crippen LogP contribution is 2.22. The molecule has 1 rings (SSSR count). The fourth-order valence-electron chi connectivity index (χ4n) is 2.19. The maximum Gasteiger partial charge on any atom is 0.127 e. The molecule has 1 aromatic rings. The molecule has 1 aromatic carbocycles. The Labute approximate surface area is 128 Å². The van der Waals surface area contributed by atoms with E-state index in [4.69, 9.17) is 0 Å². The van der Waals surface area contributed by atoms with Crippen LogP contribution in [0.2, 0.25) is 0 Å². The van der Waals surface area contributed by atoms with Crippen LogP contribution in [0.1, 0.15) is 37.5 Å². The summed E-state index contributed by atoms with van der Waals surface area (Å²) in [5.74, 6) is 1.65. The summed E-state index contributed by atoms with van der Waals surface area (Å²) >= 11 is 0. The van der Waals surface area contributed by atoms with Gasteiger partial charge in [0, 0.05) is 12.7 Å². The maximum atomic E-state index is 4.54. The van der Waals surface area contributed by atoms with Crippen LogP contribution in [0.15, 0.2) is 41.2 Å². The van der Waals surface area contributed by atoms with Gasteiger partial charge in [0.1, 0.15) is 11.7 Å². The SMILES string of the molecule is C=C(C)/C=C(\N=C(/C)Nc1ccc(CC)c(C)c1C)NC. The second-order valence-corrected chi connectivity index (χ2v) is 5.32. The molecule has 0 spiro atoms. The molecule has 21 heavy (non-hydrogen) atoms. The summed E-state index contributed by atoms with van der Waals surface area (Å²) < 4.78 is 0. The summed E-state index contributed by atoms with van der Waals surface area (Å²) in [7, 11) is 1.86. The first-order valence-electron chi connectivity index (χ1n) is 7.35. The molecule has 0 heterocycles. The Morgan fingerprint density at radius 1 is 1.24 bits per heavy atom. The summed E-state index contributed by atoms with van der Waals surface area (Å²) in [5.41, 5.74) is 6.10. The van der Waals surface area contributed by atoms with Gasteiger partial charge < -0.3 is 10.6 Å². The molecule has 0 aliphatic heterocycles. The third kappa shape index (κ3) is 4.78. The van der Waals surface area contributed by atoms with Crippen molar-refractivity contribution in [2.45, 2.75) is 41.0 Å². The molecule has 0 unspecified atom stereocenters. The zero-order chi connectivity index (χ0) is 16.0. The van der Waals surface area contributed by atoms with Gasteiger partial charge in [0.2, 0.25) is 0 Å². The van der Waals surface area contributed by atoms with E-state index < -0.39 is 0 Å². The van der Waals surface area contributed by atoms with E-state index in [0.717, 1.165) is 29.3 Å². The quantitative estimate of drug-likeness (QED) is 0.480. The van der Waals surface area contributed by atoms with E-state index in [1.165, 1.54) is 16.7 Å². The van der Waals surface area contributed by atoms with E-state index in [-0.39, 0.29) is 0 Å². The number of anilines is 1. The van der Waals surface area contributed by atoms with Crippen LogP contribution in [0, 0.1) is 13.8 Å². The van der Waals surface area contributed by atoms with Gasteiger partial charge in [-0.05, 0) is 62.9 Å². The van der Waals surface area contributed by atoms with Crippen molar-refractivity contribution in [3.63, 3.8) is 0 Å². The second kappa shape index (κ2) is 7.67. The van der Waals surface area contributed by atoms with Crippen molar-refractivity contribution in [2.24, 2.45) is 4.99 Å². The molecule has 0 aromatic heterocycles. The van der Waals surface area contributed by atoms with Crippen LogP contribution in [0.5, 0.6) is 0 Å². The van der Waals surface area contributed by atoms with Crippen LogP contribution in [0.25, 0.3) is 0 Å². The maximum absolute atomic E-state index is 4.54. The number of hydrogen-bond acceptors (Lipinski definition) is 2. The molecule has 0 fully saturated rings. The van der Waals surface area contributed by atoms with Gasteiger partial charge in [-0.15, -0.1) is 0 Å². The van der Waals surface area contributed by atoms with E-state index >= 15 is 0 Å². The summed E-state index contributed by atoms with van der Waals surface area (Å²) in [5, 5.41) is 6.45. The Hall–Kier alpha value is -2.03. The van der Waals surface area contributed by atoms with Crippen LogP contribution in [0.4, 0.5) is 5.69 Å². The largest absolute Gasteiger partial charge is 0.373 e. The van der Waals surface area contributed by atoms with Crippen LogP contribution in [-0.2, 0) is 6.42 Å². The smallest absolute Gasteiger partial charge is 0.127 e. The monoisotopic (exact) mass is 285 g/mol. The van der Waals surface area contributed by atoms with Gasteiger partial charge in [0.25, 0.3) is 0 Å². The van der Waals surface area contributed by atoms with Crippen molar-refractivity contribution >= 4 is 11.5 Å². The van der Waals surface area contributed by atoms with Gasteiger partial charge in [0.05, 0.1) is 0 Å². The molecule has 0 aliphatic carbocycles. The summed E-state index contributed by atoms with van der Waals surface area (Å²) in [6.07, 6.45) is 2.98. The Bertz CT molecular complexity index is 580. The number of nitrogens with zero attached hydrogens (tertiary/aromatic N) is 1. The van der Waals surface area contributed by atoms with E-state index in [1.54, 1.807) is 0 Å². The molecule has 2 N–H and O–H groups in total. The first-order valence-corrected chi connectivity index (χ1v) is 7.35. The molecule has 0 bridgehead atoms. The lowest BCUT2D eigenvalue weighted by Crippen LogP contribution is -2.13. The van der Waals surface area contributed by atoms with E-state index in [2.05, 4.69) is 55.1 Å². The first kappa shape index (κ1) is 17.0. The molecule has 0 saturated heterocycles. The highest BCUT2D eigenvalue weighted by atomic mass is 15.1. The number of hydrogen-bond donors (Lipinski definition) is 2. The average Bonchev–Trinajstić information content (AvgIpc) is 2.43. The van der Waals surface area contributed by atoms with Gasteiger partial charge in [0.15, 0.2) is 0 Å². The molecule has 114 valence electrons. The highest BCUT2D eigenvalue weighted by Gasteiger charge is 2.06. The highest BCUT2D eigenvalue weighted by molar-refractivity contribution is 5.95. The zero-order valence-electron chi connectivity index (χ0n) is 14.1. The predicted octanol–water partition coefficient (Wildman–Crippen LogP) is 4.33. The second-order valence-electron chi connectivity index (χ2n) is 5.32. The molecule has 0 radical (unpaired) electrons. The Kier molecular flexibility index (Phi) is 6.22. The van der Waals surface area contributed by atoms with Crippen molar-refractivity contribution in [3.05, 3.63) is 52.9 Å². The number of nitrogens with one attached hydrogen (secondary N) is 2. The van der Waals surface area contributed by atoms with Crippen LogP contribution < -0.4 is 10.6 Å². The predicted molar refractivity (Wildman–Crippen MR) is 94.0 cm³/mol. The van der Waals surface area contributed by atoms with E-state index in [1.807, 2.05) is 27.0 Å². The zero-order valence-corrected chi connectivity index (χ0v) is 14.1. The molecule has 3 nitrogen and oxygen atoms in total. The molecular weight excluding hydrogens is 258 g/mol. The summed E-state index contributed by atoms with van der Waals surface area (Å²) in [4.78, 5) is 4.54. The molecule has 3 heteroatoms. The van der Waals surface area contributed by atoms with Crippen molar-refractivity contribution in [2.75, 3.05) is 12.4 Å². The fraction of sp³-hybridized carbons (Fsp3) is 0.389. The number of aryl methyl sites for hydroxylation is 1. The Balaban J connectivity index is 3.00. The van der Waals surface area contributed by atoms with Gasteiger partial charge in [-0.1, -0.05) is 25.1 Å². The Morgan fingerprint density at radius 3 is 2.43 bits per heavy atom. The minimum atomic E-state index is 0.798. The van der Waals surface area contributed by atoms with Gasteiger partial charge in [-0.3, -0.25) is 0 Å². The molecule has 0 amide bonds. The van der Waals surface area contributed by atoms with Crippen LogP contribution in [0.3, 0.4) is 0 Å². The average molecular weight is 285 g/mol. The minimum absolute atomic E-state index is 0.798. The van der Waals surface area contributed by atoms with Crippen LogP contribution >= 0.6 is 0 Å². The van der Waals surface area contributed by atoms with Crippen molar-refractivity contribution < 1.29 is 0 Å². The number of amidine groups is 1. The van der Waals surface area contributed by atoms with E-state index in [9.17, 15) is 0 Å². The lowest BCUT2D eigenvalue weighted by molar-refractivity contribution is 0.960. The Morgan fingerprint density at radius 2 is 1.90 bits per heavy atom. The minimum Gasteiger partial charge on any atom is -0.373 e. The lowest BCUT2D eigenvalue weighted by Gasteiger charge is -2.14. The number of allylic oxidation sites excluding steroid dienone is 2. The van der Waals surface area contributed by atoms with Crippen molar-refractivity contribution in [1.29, 1.82) is 0 Å². The van der Waals surface area contributed by atoms with Gasteiger partial charge in [-0.2, -0.15) is 0 Å². The van der Waals surface area contributed by atoms with Crippen molar-refractivity contribution in [3.8, 4) is 0 Å². The first-order chi connectivity index (χ1) is 9.88. The molecule has 0 aliphatic rings. The third-order valence-electron chi connectivity index (χ3n) is 3.52. The summed E-state index contributed by atoms with van der Waals surface area (Å²) in [6, 6.07) is 4.31. The van der Waals surface area contributed by atoms with Crippen LogP contribution in [-0.4, -0.2) is 12.9 Å². The standard InChI is InChI=1S/C18H27N3/c1-8-16-9-10-17(14(5)13(16)4)20-15(6)21-18(19-7)11-12(2)3/h9-11,19H,2,8H2,1,3-7H3,(H,20,21)/b18-11-. The summed E-state index contributed by atoms with van der Waals surface area (Å²) in [6.45, 7) is 14.3. The van der Waals surface area contributed by atoms with Gasteiger partial charge >= 0.3 is 0 Å². The molecule has 0 atom stereocenters. The molecular formula is C18H27N3. The topological polar surface area (TPSA) is 36.4 Å².